The van der Waals surface area contributed by atoms with Gasteiger partial charge in [-0.25, -0.2) is 4.79 Å². The lowest BCUT2D eigenvalue weighted by atomic mass is 9.98. The van der Waals surface area contributed by atoms with Crippen molar-refractivity contribution in [1.29, 1.82) is 0 Å². The van der Waals surface area contributed by atoms with Gasteiger partial charge in [0.15, 0.2) is 0 Å². The molecule has 1 fully saturated rings. The Bertz CT molecular complexity index is 990. The van der Waals surface area contributed by atoms with Gasteiger partial charge in [-0.05, 0) is 41.0 Å². The van der Waals surface area contributed by atoms with Crippen LogP contribution in [0.2, 0.25) is 0 Å². The highest BCUT2D eigenvalue weighted by atomic mass is 16.5. The number of fused-ring (bicyclic) bond motifs is 3. The van der Waals surface area contributed by atoms with Gasteiger partial charge in [0, 0.05) is 19.1 Å². The molecule has 8 heteroatoms. The van der Waals surface area contributed by atoms with E-state index in [-0.39, 0.29) is 31.5 Å². The molecule has 0 radical (unpaired) electrons. The molecule has 0 spiro atoms. The smallest absolute Gasteiger partial charge is 0.407 e. The van der Waals surface area contributed by atoms with Gasteiger partial charge in [-0.1, -0.05) is 48.5 Å². The topological polar surface area (TPSA) is 114 Å². The maximum absolute atomic E-state index is 12.7. The lowest BCUT2D eigenvalue weighted by molar-refractivity contribution is -0.138. The van der Waals surface area contributed by atoms with Gasteiger partial charge in [0.2, 0.25) is 5.91 Å². The summed E-state index contributed by atoms with van der Waals surface area (Å²) in [5.74, 6) is -1.39. The Labute approximate surface area is 192 Å². The highest BCUT2D eigenvalue weighted by Gasteiger charge is 2.35. The molecule has 1 saturated carbocycles. The van der Waals surface area contributed by atoms with Crippen molar-refractivity contribution in [2.24, 2.45) is 5.92 Å². The third-order valence-electron chi connectivity index (χ3n) is 6.20. The van der Waals surface area contributed by atoms with E-state index >= 15 is 0 Å². The number of carbonyl (C=O) groups excluding carboxylic acids is 2. The number of carboxylic acids is 1. The second kappa shape index (κ2) is 10.0. The number of ether oxygens (including phenoxy) is 2. The van der Waals surface area contributed by atoms with Crippen LogP contribution in [0.3, 0.4) is 0 Å². The monoisotopic (exact) mass is 452 g/mol. The number of aliphatic carboxylic acids is 1. The van der Waals surface area contributed by atoms with Crippen LogP contribution in [0.4, 0.5) is 4.79 Å². The summed E-state index contributed by atoms with van der Waals surface area (Å²) in [6, 6.07) is 14.6. The first-order valence-electron chi connectivity index (χ1n) is 11.1. The van der Waals surface area contributed by atoms with E-state index in [1.165, 1.54) is 7.11 Å². The van der Waals surface area contributed by atoms with E-state index in [0.717, 1.165) is 35.1 Å². The van der Waals surface area contributed by atoms with E-state index in [1.807, 2.05) is 36.4 Å². The second-order valence-corrected chi connectivity index (χ2v) is 8.53. The quantitative estimate of drug-likeness (QED) is 0.511. The standard InChI is InChI=1S/C25H28N2O6/c1-32-14-22(24(30)26-21(12-23(28)29)15-10-11-15)27-25(31)33-13-20-18-8-4-2-6-16(18)17-7-3-5-9-19(17)20/h2-9,15,20-22H,10-14H2,1H3,(H,26,30)(H,27,31)(H,28,29). The van der Waals surface area contributed by atoms with Crippen molar-refractivity contribution in [3.05, 3.63) is 59.7 Å². The summed E-state index contributed by atoms with van der Waals surface area (Å²) >= 11 is 0. The number of carbonyl (C=O) groups is 3. The minimum atomic E-state index is -0.985. The Hall–Kier alpha value is -3.39. The number of amides is 2. The van der Waals surface area contributed by atoms with E-state index < -0.39 is 30.1 Å². The first kappa shape index (κ1) is 22.8. The van der Waals surface area contributed by atoms with Crippen LogP contribution in [-0.2, 0) is 19.1 Å². The number of nitrogens with one attached hydrogen (secondary N) is 2. The van der Waals surface area contributed by atoms with E-state index in [2.05, 4.69) is 22.8 Å². The molecule has 0 bridgehead atoms. The van der Waals surface area contributed by atoms with Crippen LogP contribution < -0.4 is 10.6 Å². The molecule has 2 unspecified atom stereocenters. The molecule has 33 heavy (non-hydrogen) atoms. The predicted molar refractivity (Wildman–Crippen MR) is 121 cm³/mol. The number of benzene rings is 2. The zero-order chi connectivity index (χ0) is 23.4. The number of alkyl carbamates (subject to hydrolysis) is 1. The first-order valence-corrected chi connectivity index (χ1v) is 11.1. The number of rotatable bonds is 10. The summed E-state index contributed by atoms with van der Waals surface area (Å²) in [4.78, 5) is 36.4. The van der Waals surface area contributed by atoms with Gasteiger partial charge >= 0.3 is 12.1 Å². The van der Waals surface area contributed by atoms with Crippen molar-refractivity contribution in [3.63, 3.8) is 0 Å². The van der Waals surface area contributed by atoms with Crippen molar-refractivity contribution < 1.29 is 29.0 Å². The highest BCUT2D eigenvalue weighted by molar-refractivity contribution is 5.86. The van der Waals surface area contributed by atoms with Crippen LogP contribution in [0.1, 0.15) is 36.3 Å². The van der Waals surface area contributed by atoms with Crippen molar-refractivity contribution in [1.82, 2.24) is 10.6 Å². The third-order valence-corrected chi connectivity index (χ3v) is 6.20. The van der Waals surface area contributed by atoms with Crippen molar-refractivity contribution in [2.45, 2.75) is 37.3 Å². The molecule has 174 valence electrons. The van der Waals surface area contributed by atoms with Crippen LogP contribution in [0.15, 0.2) is 48.5 Å². The zero-order valence-corrected chi connectivity index (χ0v) is 18.5. The highest BCUT2D eigenvalue weighted by Crippen LogP contribution is 2.44. The molecular weight excluding hydrogens is 424 g/mol. The average molecular weight is 453 g/mol. The number of hydrogen-bond acceptors (Lipinski definition) is 5. The molecule has 2 aromatic carbocycles. The molecule has 2 aliphatic rings. The summed E-state index contributed by atoms with van der Waals surface area (Å²) in [5, 5.41) is 14.4. The summed E-state index contributed by atoms with van der Waals surface area (Å²) < 4.78 is 10.6. The number of methoxy groups -OCH3 is 1. The summed E-state index contributed by atoms with van der Waals surface area (Å²) in [5.41, 5.74) is 4.45. The molecular formula is C25H28N2O6. The van der Waals surface area contributed by atoms with Crippen molar-refractivity contribution >= 4 is 18.0 Å². The van der Waals surface area contributed by atoms with Crippen LogP contribution in [-0.4, -0.2) is 55.5 Å². The van der Waals surface area contributed by atoms with Crippen LogP contribution >= 0.6 is 0 Å². The Balaban J connectivity index is 1.37. The number of carboxylic acid groups (broad SMARTS) is 1. The van der Waals surface area contributed by atoms with E-state index in [0.29, 0.717) is 0 Å². The summed E-state index contributed by atoms with van der Waals surface area (Å²) in [6.07, 6.45) is 0.886. The van der Waals surface area contributed by atoms with Crippen LogP contribution in [0, 0.1) is 5.92 Å². The molecule has 8 nitrogen and oxygen atoms in total. The molecule has 2 aliphatic carbocycles. The minimum Gasteiger partial charge on any atom is -0.481 e. The summed E-state index contributed by atoms with van der Waals surface area (Å²) in [7, 11) is 1.43. The lowest BCUT2D eigenvalue weighted by Crippen LogP contribution is -2.52. The molecule has 0 aliphatic heterocycles. The molecule has 2 amide bonds. The molecule has 2 aromatic rings. The molecule has 3 N–H and O–H groups in total. The Morgan fingerprint density at radius 3 is 2.15 bits per heavy atom. The van der Waals surface area contributed by atoms with Gasteiger partial charge in [0.25, 0.3) is 0 Å². The number of hydrogen-bond donors (Lipinski definition) is 3. The Morgan fingerprint density at radius 2 is 1.61 bits per heavy atom. The van der Waals surface area contributed by atoms with Gasteiger partial charge in [0.05, 0.1) is 13.0 Å². The second-order valence-electron chi connectivity index (χ2n) is 8.53. The summed E-state index contributed by atoms with van der Waals surface area (Å²) in [6.45, 7) is 0.0748. The van der Waals surface area contributed by atoms with Gasteiger partial charge in [-0.3, -0.25) is 9.59 Å². The van der Waals surface area contributed by atoms with E-state index in [4.69, 9.17) is 14.6 Å². The lowest BCUT2D eigenvalue weighted by Gasteiger charge is -2.22. The Kier molecular flexibility index (Phi) is 6.93. The molecule has 4 rings (SSSR count). The van der Waals surface area contributed by atoms with Gasteiger partial charge in [-0.15, -0.1) is 0 Å². The van der Waals surface area contributed by atoms with Gasteiger partial charge in [-0.2, -0.15) is 0 Å². The fourth-order valence-electron chi connectivity index (χ4n) is 4.44. The van der Waals surface area contributed by atoms with Crippen molar-refractivity contribution in [2.75, 3.05) is 20.3 Å². The normalized spacial score (nSPS) is 16.3. The fourth-order valence-corrected chi connectivity index (χ4v) is 4.44. The Morgan fingerprint density at radius 1 is 1.00 bits per heavy atom. The fraction of sp³-hybridized carbons (Fsp3) is 0.400. The average Bonchev–Trinajstić information content (AvgIpc) is 3.60. The molecule has 0 heterocycles. The van der Waals surface area contributed by atoms with Crippen LogP contribution in [0.5, 0.6) is 0 Å². The van der Waals surface area contributed by atoms with E-state index in [1.54, 1.807) is 0 Å². The zero-order valence-electron chi connectivity index (χ0n) is 18.5. The molecule has 0 saturated heterocycles. The minimum absolute atomic E-state index is 0.0551. The largest absolute Gasteiger partial charge is 0.481 e. The molecule has 0 aromatic heterocycles. The maximum atomic E-state index is 12.7. The van der Waals surface area contributed by atoms with Gasteiger partial charge < -0.3 is 25.2 Å². The first-order chi connectivity index (χ1) is 16.0. The van der Waals surface area contributed by atoms with Gasteiger partial charge in [0.1, 0.15) is 12.6 Å². The SMILES string of the molecule is COCC(NC(=O)OCC1c2ccccc2-c2ccccc21)C(=O)NC(CC(=O)O)C1CC1. The van der Waals surface area contributed by atoms with E-state index in [9.17, 15) is 14.4 Å². The predicted octanol–water partition coefficient (Wildman–Crippen LogP) is 2.91. The third kappa shape index (κ3) is 5.34. The maximum Gasteiger partial charge on any atom is 0.407 e. The van der Waals surface area contributed by atoms with Crippen LogP contribution in [0.25, 0.3) is 11.1 Å². The van der Waals surface area contributed by atoms with Crippen molar-refractivity contribution in [3.8, 4) is 11.1 Å². The molecule has 2 atom stereocenters.